The number of hydrogen-bond donors (Lipinski definition) is 0. The van der Waals surface area contributed by atoms with Crippen molar-refractivity contribution < 1.29 is 22.7 Å². The minimum atomic E-state index is -3.92. The van der Waals surface area contributed by atoms with E-state index in [2.05, 4.69) is 15.9 Å². The molecular formula is C24H29BrN2O5S. The monoisotopic (exact) mass is 536 g/mol. The van der Waals surface area contributed by atoms with E-state index in [-0.39, 0.29) is 23.4 Å². The summed E-state index contributed by atoms with van der Waals surface area (Å²) in [7, 11) is -0.947. The molecule has 2 aromatic rings. The molecule has 0 spiro atoms. The largest absolute Gasteiger partial charge is 0.493 e. The third-order valence-electron chi connectivity index (χ3n) is 6.47. The molecule has 33 heavy (non-hydrogen) atoms. The maximum absolute atomic E-state index is 13.8. The van der Waals surface area contributed by atoms with Gasteiger partial charge in [0, 0.05) is 28.8 Å². The molecule has 1 aliphatic heterocycles. The van der Waals surface area contributed by atoms with Crippen LogP contribution in [0.3, 0.4) is 0 Å². The first-order chi connectivity index (χ1) is 15.8. The van der Waals surface area contributed by atoms with Gasteiger partial charge in [0.05, 0.1) is 25.7 Å². The maximum atomic E-state index is 13.8. The number of carbonyl (C=O) groups excluding carboxylic acids is 1. The number of fused-ring (bicyclic) bond motifs is 1. The van der Waals surface area contributed by atoms with E-state index in [0.29, 0.717) is 18.0 Å². The Balaban J connectivity index is 1.65. The summed E-state index contributed by atoms with van der Waals surface area (Å²) in [5, 5.41) is 0. The Bertz CT molecular complexity index is 1130. The molecule has 2 aliphatic rings. The number of ether oxygens (including phenoxy) is 2. The molecule has 0 atom stereocenters. The van der Waals surface area contributed by atoms with E-state index in [4.69, 9.17) is 9.47 Å². The normalized spacial score (nSPS) is 16.7. The van der Waals surface area contributed by atoms with Crippen LogP contribution in [0.15, 0.2) is 45.8 Å². The number of anilines is 1. The summed E-state index contributed by atoms with van der Waals surface area (Å²) >= 11 is 3.48. The molecule has 0 aromatic heterocycles. The number of methoxy groups -OCH3 is 2. The van der Waals surface area contributed by atoms with Crippen molar-refractivity contribution in [3.8, 4) is 11.5 Å². The first-order valence-electron chi connectivity index (χ1n) is 11.2. The van der Waals surface area contributed by atoms with Crippen LogP contribution >= 0.6 is 15.9 Å². The number of rotatable bonds is 7. The fourth-order valence-electron chi connectivity index (χ4n) is 4.74. The Morgan fingerprint density at radius 2 is 1.79 bits per heavy atom. The van der Waals surface area contributed by atoms with Gasteiger partial charge < -0.3 is 14.4 Å². The van der Waals surface area contributed by atoms with Crippen molar-refractivity contribution in [3.05, 3.63) is 46.4 Å². The van der Waals surface area contributed by atoms with Crippen molar-refractivity contribution in [2.45, 2.75) is 49.5 Å². The standard InChI is InChI=1S/C24H29BrN2O5S/c1-31-22-11-9-20(15-23(22)32-2)33(29,30)27(19-6-4-3-5-7-19)16-24(28)26-13-12-17-14-18(25)8-10-21(17)26/h8-11,14-15,19H,3-7,12-13,16H2,1-2H3. The number of benzene rings is 2. The van der Waals surface area contributed by atoms with E-state index in [1.165, 1.54) is 30.7 Å². The molecule has 0 N–H and O–H groups in total. The van der Waals surface area contributed by atoms with E-state index in [9.17, 15) is 13.2 Å². The smallest absolute Gasteiger partial charge is 0.243 e. The average molecular weight is 537 g/mol. The quantitative estimate of drug-likeness (QED) is 0.524. The van der Waals surface area contributed by atoms with Crippen molar-refractivity contribution in [2.75, 3.05) is 32.2 Å². The molecule has 0 bridgehead atoms. The maximum Gasteiger partial charge on any atom is 0.243 e. The Kier molecular flexibility index (Phi) is 7.31. The molecule has 0 saturated heterocycles. The molecule has 0 radical (unpaired) electrons. The summed E-state index contributed by atoms with van der Waals surface area (Å²) in [5.41, 5.74) is 1.94. The van der Waals surface area contributed by atoms with Crippen molar-refractivity contribution in [2.24, 2.45) is 0 Å². The van der Waals surface area contributed by atoms with Crippen molar-refractivity contribution in [1.82, 2.24) is 4.31 Å². The summed E-state index contributed by atoms with van der Waals surface area (Å²) in [4.78, 5) is 15.2. The summed E-state index contributed by atoms with van der Waals surface area (Å²) in [5.74, 6) is 0.592. The van der Waals surface area contributed by atoms with Crippen LogP contribution in [0.2, 0.25) is 0 Å². The highest BCUT2D eigenvalue weighted by molar-refractivity contribution is 9.10. The van der Waals surface area contributed by atoms with Crippen LogP contribution in [0.4, 0.5) is 5.69 Å². The van der Waals surface area contributed by atoms with Gasteiger partial charge in [0.15, 0.2) is 11.5 Å². The zero-order valence-electron chi connectivity index (χ0n) is 18.9. The fourth-order valence-corrected chi connectivity index (χ4v) is 6.80. The van der Waals surface area contributed by atoms with Gasteiger partial charge in [-0.2, -0.15) is 4.31 Å². The summed E-state index contributed by atoms with van der Waals surface area (Å²) in [6, 6.07) is 10.2. The lowest BCUT2D eigenvalue weighted by atomic mass is 9.95. The van der Waals surface area contributed by atoms with Crippen LogP contribution < -0.4 is 14.4 Å². The van der Waals surface area contributed by atoms with Gasteiger partial charge in [-0.1, -0.05) is 35.2 Å². The molecule has 0 unspecified atom stereocenters. The molecule has 1 amide bonds. The molecule has 4 rings (SSSR count). The predicted molar refractivity (Wildman–Crippen MR) is 131 cm³/mol. The Labute approximate surface area is 203 Å². The molecule has 2 aromatic carbocycles. The zero-order chi connectivity index (χ0) is 23.6. The third kappa shape index (κ3) is 4.90. The first kappa shape index (κ1) is 24.0. The zero-order valence-corrected chi connectivity index (χ0v) is 21.3. The molecule has 1 heterocycles. The highest BCUT2D eigenvalue weighted by Gasteiger charge is 2.36. The van der Waals surface area contributed by atoms with Crippen molar-refractivity contribution in [3.63, 3.8) is 0 Å². The second kappa shape index (κ2) is 10.0. The van der Waals surface area contributed by atoms with Gasteiger partial charge in [-0.3, -0.25) is 4.79 Å². The molecule has 1 fully saturated rings. The van der Waals surface area contributed by atoms with E-state index in [1.807, 2.05) is 18.2 Å². The molecule has 178 valence electrons. The minimum Gasteiger partial charge on any atom is -0.493 e. The van der Waals surface area contributed by atoms with Gasteiger partial charge in [-0.25, -0.2) is 8.42 Å². The Morgan fingerprint density at radius 3 is 2.48 bits per heavy atom. The number of carbonyl (C=O) groups is 1. The van der Waals surface area contributed by atoms with Crippen LogP contribution in [-0.4, -0.2) is 52.0 Å². The minimum absolute atomic E-state index is 0.101. The van der Waals surface area contributed by atoms with Crippen LogP contribution in [0.25, 0.3) is 0 Å². The first-order valence-corrected chi connectivity index (χ1v) is 13.4. The molecular weight excluding hydrogens is 508 g/mol. The predicted octanol–water partition coefficient (Wildman–Crippen LogP) is 4.38. The van der Waals surface area contributed by atoms with E-state index >= 15 is 0 Å². The lowest BCUT2D eigenvalue weighted by Gasteiger charge is -2.34. The number of sulfonamides is 1. The summed E-state index contributed by atoms with van der Waals surface area (Å²) < 4.78 is 40.5. The molecule has 1 aliphatic carbocycles. The summed E-state index contributed by atoms with van der Waals surface area (Å²) in [6.07, 6.45) is 5.26. The third-order valence-corrected chi connectivity index (χ3v) is 8.86. The Hall–Kier alpha value is -2.10. The second-order valence-electron chi connectivity index (χ2n) is 8.43. The highest BCUT2D eigenvalue weighted by Crippen LogP contribution is 2.35. The SMILES string of the molecule is COc1ccc(S(=O)(=O)N(CC(=O)N2CCc3cc(Br)ccc32)C2CCCCC2)cc1OC. The van der Waals surface area contributed by atoms with Gasteiger partial charge in [0.2, 0.25) is 15.9 Å². The second-order valence-corrected chi connectivity index (χ2v) is 11.2. The lowest BCUT2D eigenvalue weighted by Crippen LogP contribution is -2.48. The fraction of sp³-hybridized carbons (Fsp3) is 0.458. The summed E-state index contributed by atoms with van der Waals surface area (Å²) in [6.45, 7) is 0.371. The lowest BCUT2D eigenvalue weighted by molar-refractivity contribution is -0.119. The average Bonchev–Trinajstić information content (AvgIpc) is 3.25. The number of halogens is 1. The van der Waals surface area contributed by atoms with Crippen LogP contribution in [-0.2, 0) is 21.2 Å². The van der Waals surface area contributed by atoms with E-state index in [0.717, 1.165) is 54.2 Å². The van der Waals surface area contributed by atoms with Gasteiger partial charge in [0.1, 0.15) is 0 Å². The number of nitrogens with zero attached hydrogens (tertiary/aromatic N) is 2. The van der Waals surface area contributed by atoms with Gasteiger partial charge >= 0.3 is 0 Å². The van der Waals surface area contributed by atoms with Crippen LogP contribution in [0, 0.1) is 0 Å². The number of hydrogen-bond acceptors (Lipinski definition) is 5. The van der Waals surface area contributed by atoms with Crippen LogP contribution in [0.5, 0.6) is 11.5 Å². The Morgan fingerprint density at radius 1 is 1.06 bits per heavy atom. The van der Waals surface area contributed by atoms with E-state index in [1.54, 1.807) is 11.0 Å². The number of amides is 1. The topological polar surface area (TPSA) is 76.2 Å². The van der Waals surface area contributed by atoms with Gasteiger partial charge in [0.25, 0.3) is 0 Å². The van der Waals surface area contributed by atoms with Crippen molar-refractivity contribution in [1.29, 1.82) is 0 Å². The van der Waals surface area contributed by atoms with E-state index < -0.39 is 10.0 Å². The molecule has 9 heteroatoms. The molecule has 7 nitrogen and oxygen atoms in total. The van der Waals surface area contributed by atoms with Gasteiger partial charge in [-0.15, -0.1) is 0 Å². The highest BCUT2D eigenvalue weighted by atomic mass is 79.9. The van der Waals surface area contributed by atoms with Gasteiger partial charge in [-0.05, 0) is 55.2 Å². The van der Waals surface area contributed by atoms with Crippen LogP contribution in [0.1, 0.15) is 37.7 Å². The van der Waals surface area contributed by atoms with Crippen molar-refractivity contribution >= 4 is 37.5 Å². The molecule has 1 saturated carbocycles.